The summed E-state index contributed by atoms with van der Waals surface area (Å²) < 4.78 is 0. The highest BCUT2D eigenvalue weighted by molar-refractivity contribution is 6.21. The number of nitrogens with one attached hydrogen (secondary N) is 1. The molecule has 4 rings (SSSR count). The Morgan fingerprint density at radius 3 is 2.46 bits per heavy atom. The maximum Gasteiger partial charge on any atom is 0.354 e. The summed E-state index contributed by atoms with van der Waals surface area (Å²) in [5.74, 6) is -5.70. The first-order valence-electron chi connectivity index (χ1n) is 9.77. The number of aromatic hydroxyl groups is 1. The van der Waals surface area contributed by atoms with Gasteiger partial charge in [-0.25, -0.2) is 19.4 Å². The largest absolute Gasteiger partial charge is 0.871 e. The number of aliphatic hydroxyl groups excluding tert-OH is 1. The minimum Gasteiger partial charge on any atom is -0.871 e. The van der Waals surface area contributed by atoms with Crippen LogP contribution in [0.2, 0.25) is 0 Å². The van der Waals surface area contributed by atoms with Crippen molar-refractivity contribution in [3.63, 3.8) is 0 Å². The zero-order valence-corrected chi connectivity index (χ0v) is 17.7. The number of fused-ring (bicyclic) bond motifs is 3. The van der Waals surface area contributed by atoms with Gasteiger partial charge in [0.25, 0.3) is 0 Å². The molecule has 0 aliphatic rings. The Balaban J connectivity index is 2.16. The van der Waals surface area contributed by atoms with E-state index in [1.807, 2.05) is 0 Å². The maximum atomic E-state index is 12.5. The van der Waals surface area contributed by atoms with Gasteiger partial charge in [0.05, 0.1) is 23.2 Å². The molecule has 0 bridgehead atoms. The number of carboxylic acid groups (broad SMARTS) is 3. The number of rotatable bonds is 6. The van der Waals surface area contributed by atoms with Crippen LogP contribution in [0.3, 0.4) is 0 Å². The summed E-state index contributed by atoms with van der Waals surface area (Å²) in [4.78, 5) is 49.5. The number of pyridine rings is 2. The normalized spacial score (nSPS) is 11.5. The predicted octanol–water partition coefficient (Wildman–Crippen LogP) is 1.54. The average molecular weight is 479 g/mol. The Bertz CT molecular complexity index is 1600. The van der Waals surface area contributed by atoms with E-state index in [-0.39, 0.29) is 44.3 Å². The number of benzene rings is 1. The first-order valence-corrected chi connectivity index (χ1v) is 9.77. The van der Waals surface area contributed by atoms with Crippen molar-refractivity contribution in [3.8, 4) is 11.5 Å². The Labute approximate surface area is 194 Å². The molecule has 4 aromatic rings. The Morgan fingerprint density at radius 1 is 1.14 bits per heavy atom. The van der Waals surface area contributed by atoms with E-state index in [2.05, 4.69) is 19.9 Å². The fraction of sp³-hybridized carbons (Fsp3) is 0.0909. The number of aliphatic hydroxyl groups is 1. The highest BCUT2D eigenvalue weighted by atomic mass is 16.4. The van der Waals surface area contributed by atoms with Crippen LogP contribution in [0.1, 0.15) is 48.2 Å². The molecule has 1 aromatic carbocycles. The van der Waals surface area contributed by atoms with Crippen molar-refractivity contribution < 1.29 is 45.0 Å². The van der Waals surface area contributed by atoms with Crippen LogP contribution in [0.5, 0.6) is 11.5 Å². The third-order valence-corrected chi connectivity index (χ3v) is 5.30. The fourth-order valence-electron chi connectivity index (χ4n) is 3.60. The molecule has 0 spiro atoms. The third-order valence-electron chi connectivity index (χ3n) is 5.30. The van der Waals surface area contributed by atoms with E-state index in [4.69, 9.17) is 0 Å². The number of hydrogen-bond donors (Lipinski definition) is 6. The topological polar surface area (TPSA) is 229 Å². The summed E-state index contributed by atoms with van der Waals surface area (Å²) in [5, 5.41) is 61.2. The molecule has 0 saturated carbocycles. The molecular weight excluding hydrogens is 464 g/mol. The minimum absolute atomic E-state index is 0.0626. The summed E-state index contributed by atoms with van der Waals surface area (Å²) in [6.07, 6.45) is 2.27. The van der Waals surface area contributed by atoms with E-state index in [1.54, 1.807) is 0 Å². The number of aryl methyl sites for hydroxylation is 1. The van der Waals surface area contributed by atoms with Gasteiger partial charge < -0.3 is 35.6 Å². The number of aromatic nitrogens is 3. The molecule has 178 valence electrons. The number of aromatic carboxylic acids is 3. The number of hydrogen-bond acceptors (Lipinski definition) is 9. The molecule has 3 aromatic heterocycles. The summed E-state index contributed by atoms with van der Waals surface area (Å²) in [6.45, 7) is 0.887. The number of phenols is 1. The number of phenolic OH excluding ortho intramolecular Hbond substituents is 1. The Hall–Kier alpha value is -5.04. The van der Waals surface area contributed by atoms with Gasteiger partial charge in [-0.15, -0.1) is 0 Å². The molecule has 6 N–H and O–H groups in total. The molecule has 0 unspecified atom stereocenters. The first kappa shape index (κ1) is 23.1. The van der Waals surface area contributed by atoms with Crippen molar-refractivity contribution in [2.45, 2.75) is 13.5 Å². The number of carbonyl (C=O) groups is 3. The van der Waals surface area contributed by atoms with E-state index >= 15 is 0 Å². The monoisotopic (exact) mass is 479 g/mol. The quantitative estimate of drug-likeness (QED) is 0.217. The van der Waals surface area contributed by atoms with E-state index in [0.717, 1.165) is 18.3 Å². The van der Waals surface area contributed by atoms with Crippen molar-refractivity contribution >= 4 is 51.6 Å². The number of nitrogens with zero attached hydrogens (tertiary/aromatic N) is 3. The lowest BCUT2D eigenvalue weighted by Crippen LogP contribution is -2.07. The molecule has 0 fully saturated rings. The number of H-pyrrole nitrogens is 1. The maximum absolute atomic E-state index is 12.5. The minimum atomic E-state index is -1.54. The summed E-state index contributed by atoms with van der Waals surface area (Å²) >= 11 is 0. The van der Waals surface area contributed by atoms with Gasteiger partial charge in [-0.05, 0) is 24.6 Å². The lowest BCUT2D eigenvalue weighted by atomic mass is 10.0. The van der Waals surface area contributed by atoms with Crippen LogP contribution < -0.4 is 5.11 Å². The van der Waals surface area contributed by atoms with Crippen molar-refractivity contribution in [2.24, 2.45) is 4.99 Å². The van der Waals surface area contributed by atoms with E-state index in [1.165, 1.54) is 13.1 Å². The Morgan fingerprint density at radius 2 is 1.86 bits per heavy atom. The number of aliphatic imine (C=N–C) groups is 1. The van der Waals surface area contributed by atoms with Gasteiger partial charge in [0.15, 0.2) is 5.75 Å². The molecule has 35 heavy (non-hydrogen) atoms. The zero-order valence-electron chi connectivity index (χ0n) is 17.7. The SMILES string of the molecule is Cc1ncc(CO)c(C=Nc2c(O)c3cc(C(=O)O)nc3c3c(C(=O)O)cc(C(=O)O)[nH]c23)c1[O-]. The molecule has 3 heterocycles. The van der Waals surface area contributed by atoms with E-state index in [9.17, 15) is 45.0 Å². The summed E-state index contributed by atoms with van der Waals surface area (Å²) in [6, 6.07) is 1.84. The molecule has 13 heteroatoms. The van der Waals surface area contributed by atoms with Crippen LogP contribution >= 0.6 is 0 Å². The van der Waals surface area contributed by atoms with Crippen molar-refractivity contribution in [1.82, 2.24) is 15.0 Å². The van der Waals surface area contributed by atoms with Crippen LogP contribution in [0, 0.1) is 6.92 Å². The smallest absolute Gasteiger partial charge is 0.354 e. The summed E-state index contributed by atoms with van der Waals surface area (Å²) in [5.41, 5.74) is -2.28. The van der Waals surface area contributed by atoms with Gasteiger partial charge in [0, 0.05) is 34.4 Å². The first-order chi connectivity index (χ1) is 16.5. The lowest BCUT2D eigenvalue weighted by molar-refractivity contribution is -0.270. The van der Waals surface area contributed by atoms with Gasteiger partial charge in [0.2, 0.25) is 0 Å². The molecule has 0 amide bonds. The lowest BCUT2D eigenvalue weighted by Gasteiger charge is -2.16. The van der Waals surface area contributed by atoms with Gasteiger partial charge in [-0.2, -0.15) is 0 Å². The second-order valence-electron chi connectivity index (χ2n) is 7.39. The highest BCUT2D eigenvalue weighted by Gasteiger charge is 2.25. The van der Waals surface area contributed by atoms with Gasteiger partial charge in [0.1, 0.15) is 17.1 Å². The molecule has 0 aliphatic heterocycles. The summed E-state index contributed by atoms with van der Waals surface area (Å²) in [7, 11) is 0. The third kappa shape index (κ3) is 3.75. The predicted molar refractivity (Wildman–Crippen MR) is 118 cm³/mol. The van der Waals surface area contributed by atoms with Gasteiger partial charge in [-0.3, -0.25) is 9.98 Å². The van der Waals surface area contributed by atoms with E-state index in [0.29, 0.717) is 0 Å². The van der Waals surface area contributed by atoms with Crippen molar-refractivity contribution in [3.05, 3.63) is 52.1 Å². The van der Waals surface area contributed by atoms with Crippen molar-refractivity contribution in [2.75, 3.05) is 0 Å². The van der Waals surface area contributed by atoms with Crippen LogP contribution in [-0.2, 0) is 6.61 Å². The highest BCUT2D eigenvalue weighted by Crippen LogP contribution is 2.44. The molecule has 0 saturated heterocycles. The average Bonchev–Trinajstić information content (AvgIpc) is 3.27. The molecule has 0 radical (unpaired) electrons. The molecule has 13 nitrogen and oxygen atoms in total. The fourth-order valence-corrected chi connectivity index (χ4v) is 3.60. The molecular formula is C22H15N4O9-. The van der Waals surface area contributed by atoms with Crippen LogP contribution in [0.25, 0.3) is 21.8 Å². The second kappa shape index (κ2) is 8.39. The van der Waals surface area contributed by atoms with Gasteiger partial charge >= 0.3 is 17.9 Å². The van der Waals surface area contributed by atoms with E-state index < -0.39 is 53.0 Å². The van der Waals surface area contributed by atoms with Crippen LogP contribution in [-0.4, -0.2) is 64.6 Å². The molecule has 0 aliphatic carbocycles. The van der Waals surface area contributed by atoms with Crippen LogP contribution in [0.4, 0.5) is 5.69 Å². The van der Waals surface area contributed by atoms with Gasteiger partial charge in [-0.1, -0.05) is 5.75 Å². The van der Waals surface area contributed by atoms with Crippen LogP contribution in [0.15, 0.2) is 23.3 Å². The number of aromatic amines is 1. The van der Waals surface area contributed by atoms with Crippen molar-refractivity contribution in [1.29, 1.82) is 0 Å². The molecule has 0 atom stereocenters. The zero-order chi connectivity index (χ0) is 25.6. The Kier molecular flexibility index (Phi) is 5.54. The second-order valence-corrected chi connectivity index (χ2v) is 7.39. The standard InChI is InChI=1S/C22H16N4O9/c1-7-18(28)11(8(6-27)4-23-7)5-24-17-16-14(9(20(30)31)2-12(26-16)21(32)33)15-10(19(17)29)3-13(25-15)22(34)35/h2-5,26-29H,6H2,1H3,(H,30,31)(H,32,33)(H,34,35)/p-1. The number of carboxylic acids is 3.